The molecule has 4 aromatic rings. The van der Waals surface area contributed by atoms with Gasteiger partial charge in [0.2, 0.25) is 0 Å². The number of carbonyl (C=O) groups is 4. The summed E-state index contributed by atoms with van der Waals surface area (Å²) in [6.45, 7) is 3.96. The zero-order valence-corrected chi connectivity index (χ0v) is 23.9. The summed E-state index contributed by atoms with van der Waals surface area (Å²) in [6.07, 6.45) is 2.47. The fourth-order valence-corrected chi connectivity index (χ4v) is 4.44. The molecule has 0 radical (unpaired) electrons. The lowest BCUT2D eigenvalue weighted by Gasteiger charge is -2.08. The van der Waals surface area contributed by atoms with E-state index in [1.54, 1.807) is 24.3 Å². The van der Waals surface area contributed by atoms with Gasteiger partial charge in [-0.15, -0.1) is 0 Å². The fraction of sp³-hybridized carbons (Fsp3) is 0.222. The van der Waals surface area contributed by atoms with Crippen molar-refractivity contribution in [3.8, 4) is 33.8 Å². The molecule has 0 aliphatic rings. The van der Waals surface area contributed by atoms with Crippen molar-refractivity contribution in [1.29, 1.82) is 0 Å². The first-order valence-corrected chi connectivity index (χ1v) is 14.2. The van der Waals surface area contributed by atoms with Gasteiger partial charge < -0.3 is 9.47 Å². The van der Waals surface area contributed by atoms with Gasteiger partial charge in [-0.05, 0) is 59.4 Å². The van der Waals surface area contributed by atoms with Gasteiger partial charge in [0.05, 0.1) is 12.8 Å². The van der Waals surface area contributed by atoms with E-state index < -0.39 is 11.9 Å². The van der Waals surface area contributed by atoms with Crippen LogP contribution in [-0.2, 0) is 9.59 Å². The zero-order chi connectivity index (χ0) is 29.9. The molecular weight excluding hydrogens is 528 g/mol. The van der Waals surface area contributed by atoms with Gasteiger partial charge in [0.15, 0.2) is 11.6 Å². The molecule has 0 unspecified atom stereocenters. The molecule has 0 heterocycles. The Kier molecular flexibility index (Phi) is 10.5. The van der Waals surface area contributed by atoms with E-state index in [1.807, 2.05) is 86.6 Å². The molecule has 0 saturated heterocycles. The summed E-state index contributed by atoms with van der Waals surface area (Å²) in [5.41, 5.74) is 5.16. The molecule has 0 aliphatic carbocycles. The number of esters is 2. The Balaban J connectivity index is 1.23. The van der Waals surface area contributed by atoms with E-state index in [9.17, 15) is 19.2 Å². The topological polar surface area (TPSA) is 86.7 Å². The third-order valence-electron chi connectivity index (χ3n) is 6.74. The van der Waals surface area contributed by atoms with Crippen LogP contribution >= 0.6 is 0 Å². The van der Waals surface area contributed by atoms with E-state index in [1.165, 1.54) is 0 Å². The van der Waals surface area contributed by atoms with Crippen molar-refractivity contribution in [2.45, 2.75) is 52.4 Å². The highest BCUT2D eigenvalue weighted by Crippen LogP contribution is 2.25. The van der Waals surface area contributed by atoms with Gasteiger partial charge in [-0.25, -0.2) is 0 Å². The van der Waals surface area contributed by atoms with Crippen LogP contribution in [0.1, 0.15) is 73.1 Å². The minimum Gasteiger partial charge on any atom is -0.427 e. The molecule has 42 heavy (non-hydrogen) atoms. The molecule has 0 aromatic heterocycles. The normalized spacial score (nSPS) is 10.6. The molecule has 6 heteroatoms. The van der Waals surface area contributed by atoms with E-state index in [-0.39, 0.29) is 24.4 Å². The van der Waals surface area contributed by atoms with Gasteiger partial charge in [-0.3, -0.25) is 19.2 Å². The first-order chi connectivity index (χ1) is 20.4. The van der Waals surface area contributed by atoms with E-state index in [2.05, 4.69) is 0 Å². The standard InChI is InChI=1S/C36H34O6/c1-3-5-33(37)29-11-7-25(8-12-29)27-15-19-31(20-16-27)41-35(39)23-24-36(40)42-32-21-17-28(18-22-32)26-9-13-30(14-10-26)34(38)6-4-2/h7-22H,3-6,23-24H2,1-2H3. The average molecular weight is 563 g/mol. The van der Waals surface area contributed by atoms with Crippen molar-refractivity contribution >= 4 is 23.5 Å². The van der Waals surface area contributed by atoms with Gasteiger partial charge in [0, 0.05) is 24.0 Å². The van der Waals surface area contributed by atoms with Crippen LogP contribution in [0.4, 0.5) is 0 Å². The van der Waals surface area contributed by atoms with Crippen LogP contribution in [0.3, 0.4) is 0 Å². The van der Waals surface area contributed by atoms with Gasteiger partial charge in [-0.2, -0.15) is 0 Å². The molecule has 0 saturated carbocycles. The number of rotatable bonds is 13. The van der Waals surface area contributed by atoms with Crippen molar-refractivity contribution < 1.29 is 28.7 Å². The molecule has 0 N–H and O–H groups in total. The Morgan fingerprint density at radius 2 is 0.714 bits per heavy atom. The third-order valence-corrected chi connectivity index (χ3v) is 6.74. The van der Waals surface area contributed by atoms with Crippen LogP contribution in [0, 0.1) is 0 Å². The maximum absolute atomic E-state index is 12.3. The minimum absolute atomic E-state index is 0.116. The fourth-order valence-electron chi connectivity index (χ4n) is 4.44. The summed E-state index contributed by atoms with van der Waals surface area (Å²) < 4.78 is 10.7. The highest BCUT2D eigenvalue weighted by atomic mass is 16.5. The SMILES string of the molecule is CCCC(=O)c1ccc(-c2ccc(OC(=O)CCC(=O)Oc3ccc(-c4ccc(C(=O)CCC)cc4)cc3)cc2)cc1. The van der Waals surface area contributed by atoms with Gasteiger partial charge in [-0.1, -0.05) is 86.6 Å². The number of hydrogen-bond acceptors (Lipinski definition) is 6. The number of hydrogen-bond donors (Lipinski definition) is 0. The quantitative estimate of drug-likeness (QED) is 0.0926. The number of carbonyl (C=O) groups excluding carboxylic acids is 4. The smallest absolute Gasteiger partial charge is 0.311 e. The molecule has 0 amide bonds. The van der Waals surface area contributed by atoms with Gasteiger partial charge in [0.1, 0.15) is 11.5 Å². The van der Waals surface area contributed by atoms with Gasteiger partial charge >= 0.3 is 11.9 Å². The van der Waals surface area contributed by atoms with Crippen molar-refractivity contribution in [3.05, 3.63) is 108 Å². The first-order valence-electron chi connectivity index (χ1n) is 14.2. The Hall–Kier alpha value is -4.84. The largest absolute Gasteiger partial charge is 0.427 e. The molecule has 4 aromatic carbocycles. The van der Waals surface area contributed by atoms with Crippen LogP contribution in [0.15, 0.2) is 97.1 Å². The van der Waals surface area contributed by atoms with Crippen LogP contribution < -0.4 is 9.47 Å². The van der Waals surface area contributed by atoms with Crippen molar-refractivity contribution in [2.24, 2.45) is 0 Å². The summed E-state index contributed by atoms with van der Waals surface area (Å²) in [5.74, 6) is -0.0415. The maximum Gasteiger partial charge on any atom is 0.311 e. The molecular formula is C36H34O6. The summed E-state index contributed by atoms with van der Waals surface area (Å²) in [5, 5.41) is 0. The summed E-state index contributed by atoms with van der Waals surface area (Å²) in [6, 6.07) is 29.0. The van der Waals surface area contributed by atoms with E-state index in [4.69, 9.17) is 9.47 Å². The lowest BCUT2D eigenvalue weighted by molar-refractivity contribution is -0.140. The van der Waals surface area contributed by atoms with Gasteiger partial charge in [0.25, 0.3) is 0 Å². The number of benzene rings is 4. The molecule has 0 atom stereocenters. The van der Waals surface area contributed by atoms with E-state index in [0.29, 0.717) is 35.5 Å². The highest BCUT2D eigenvalue weighted by molar-refractivity contribution is 5.97. The second-order valence-electron chi connectivity index (χ2n) is 10.00. The number of ether oxygens (including phenoxy) is 2. The monoisotopic (exact) mass is 562 g/mol. The Bertz CT molecular complexity index is 1400. The second-order valence-corrected chi connectivity index (χ2v) is 10.00. The Morgan fingerprint density at radius 1 is 0.429 bits per heavy atom. The van der Waals surface area contributed by atoms with Crippen molar-refractivity contribution in [2.75, 3.05) is 0 Å². The lowest BCUT2D eigenvalue weighted by Crippen LogP contribution is -2.14. The Labute approximate surface area is 246 Å². The van der Waals surface area contributed by atoms with Crippen molar-refractivity contribution in [1.82, 2.24) is 0 Å². The molecule has 214 valence electrons. The van der Waals surface area contributed by atoms with Crippen LogP contribution in [0.2, 0.25) is 0 Å². The van der Waals surface area contributed by atoms with Crippen molar-refractivity contribution in [3.63, 3.8) is 0 Å². The molecule has 0 aliphatic heterocycles. The molecule has 0 bridgehead atoms. The van der Waals surface area contributed by atoms with Crippen LogP contribution in [0.5, 0.6) is 11.5 Å². The second kappa shape index (κ2) is 14.7. The zero-order valence-electron chi connectivity index (χ0n) is 23.9. The lowest BCUT2D eigenvalue weighted by atomic mass is 10.0. The number of Topliss-reactive ketones (excluding diaryl/α,β-unsaturated/α-hetero) is 2. The predicted octanol–water partition coefficient (Wildman–Crippen LogP) is 8.28. The highest BCUT2D eigenvalue weighted by Gasteiger charge is 2.12. The molecule has 6 nitrogen and oxygen atoms in total. The van der Waals surface area contributed by atoms with E-state index in [0.717, 1.165) is 35.1 Å². The number of ketones is 2. The predicted molar refractivity (Wildman–Crippen MR) is 163 cm³/mol. The molecule has 0 spiro atoms. The summed E-state index contributed by atoms with van der Waals surface area (Å²) in [7, 11) is 0. The van der Waals surface area contributed by atoms with E-state index >= 15 is 0 Å². The minimum atomic E-state index is -0.533. The summed E-state index contributed by atoms with van der Waals surface area (Å²) in [4.78, 5) is 48.7. The average Bonchev–Trinajstić information content (AvgIpc) is 3.01. The Morgan fingerprint density at radius 3 is 1.00 bits per heavy atom. The molecule has 4 rings (SSSR count). The summed E-state index contributed by atoms with van der Waals surface area (Å²) >= 11 is 0. The third kappa shape index (κ3) is 8.33. The van der Waals surface area contributed by atoms with Crippen LogP contribution in [0.25, 0.3) is 22.3 Å². The molecule has 0 fully saturated rings. The first kappa shape index (κ1) is 30.1. The maximum atomic E-state index is 12.3. The van der Waals surface area contributed by atoms with Crippen LogP contribution in [-0.4, -0.2) is 23.5 Å².